The van der Waals surface area contributed by atoms with E-state index in [-0.39, 0.29) is 5.38 Å². The molecule has 2 aromatic heterocycles. The van der Waals surface area contributed by atoms with Crippen LogP contribution in [0.3, 0.4) is 0 Å². The molecule has 0 saturated carbocycles. The maximum Gasteiger partial charge on any atom is 0.163 e. The fourth-order valence-corrected chi connectivity index (χ4v) is 3.26. The van der Waals surface area contributed by atoms with Gasteiger partial charge in [-0.25, -0.2) is 14.6 Å². The highest BCUT2D eigenvalue weighted by Crippen LogP contribution is 2.25. The highest BCUT2D eigenvalue weighted by atomic mass is 35.5. The van der Waals surface area contributed by atoms with Crippen LogP contribution in [0.5, 0.6) is 0 Å². The monoisotopic (exact) mass is 377 g/mol. The van der Waals surface area contributed by atoms with E-state index in [1.165, 1.54) is 11.1 Å². The largest absolute Gasteiger partial charge is 0.365 e. The number of alkyl halides is 1. The van der Waals surface area contributed by atoms with Crippen molar-refractivity contribution in [2.45, 2.75) is 25.4 Å². The first kappa shape index (κ1) is 17.5. The maximum atomic E-state index is 6.61. The van der Waals surface area contributed by atoms with Crippen LogP contribution in [-0.2, 0) is 13.1 Å². The summed E-state index contributed by atoms with van der Waals surface area (Å²) in [5.41, 5.74) is 4.26. The van der Waals surface area contributed by atoms with Gasteiger partial charge in [-0.15, -0.1) is 11.6 Å². The molecular weight excluding hydrogens is 358 g/mol. The lowest BCUT2D eigenvalue weighted by molar-refractivity contribution is 0.615. The Morgan fingerprint density at radius 1 is 1.04 bits per heavy atom. The summed E-state index contributed by atoms with van der Waals surface area (Å²) in [6.07, 6.45) is 3.35. The molecule has 27 heavy (non-hydrogen) atoms. The molecule has 0 amide bonds. The summed E-state index contributed by atoms with van der Waals surface area (Å²) in [6, 6.07) is 18.5. The highest BCUT2D eigenvalue weighted by Gasteiger charge is 2.14. The van der Waals surface area contributed by atoms with E-state index in [1.54, 1.807) is 12.5 Å². The summed E-state index contributed by atoms with van der Waals surface area (Å²) < 4.78 is 1.84. The quantitative estimate of drug-likeness (QED) is 0.494. The Bertz CT molecular complexity index is 1030. The number of hydrogen-bond donors (Lipinski definition) is 1. The number of halogens is 1. The van der Waals surface area contributed by atoms with Gasteiger partial charge >= 0.3 is 0 Å². The lowest BCUT2D eigenvalue weighted by Gasteiger charge is -2.11. The molecule has 1 unspecified atom stereocenters. The molecule has 5 nitrogen and oxygen atoms in total. The predicted octanol–water partition coefficient (Wildman–Crippen LogP) is 4.73. The smallest absolute Gasteiger partial charge is 0.163 e. The van der Waals surface area contributed by atoms with Crippen molar-refractivity contribution in [3.63, 3.8) is 0 Å². The number of hydrogen-bond acceptors (Lipinski definition) is 4. The molecular formula is C21H20ClN5. The summed E-state index contributed by atoms with van der Waals surface area (Å²) in [7, 11) is 0. The number of rotatable bonds is 6. The van der Waals surface area contributed by atoms with Crippen molar-refractivity contribution in [1.29, 1.82) is 0 Å². The zero-order chi connectivity index (χ0) is 18.6. The summed E-state index contributed by atoms with van der Waals surface area (Å²) in [5.74, 6) is 0.775. The number of nitrogens with zero attached hydrogens (tertiary/aromatic N) is 4. The van der Waals surface area contributed by atoms with E-state index in [1.807, 2.05) is 22.9 Å². The SMILES string of the molecule is Cc1ccc(C(Cl)Cn2ncc3c(NCc4ccccc4)ncnc32)cc1. The van der Waals surface area contributed by atoms with Crippen molar-refractivity contribution < 1.29 is 0 Å². The fraction of sp³-hybridized carbons (Fsp3) is 0.190. The van der Waals surface area contributed by atoms with Crippen LogP contribution in [0.15, 0.2) is 67.1 Å². The first-order chi connectivity index (χ1) is 13.2. The number of benzene rings is 2. The number of anilines is 1. The van der Waals surface area contributed by atoms with Crippen molar-refractivity contribution in [3.05, 3.63) is 83.8 Å². The van der Waals surface area contributed by atoms with E-state index in [2.05, 4.69) is 63.7 Å². The molecule has 0 aliphatic heterocycles. The first-order valence-corrected chi connectivity index (χ1v) is 9.29. The number of fused-ring (bicyclic) bond motifs is 1. The van der Waals surface area contributed by atoms with Crippen LogP contribution >= 0.6 is 11.6 Å². The third kappa shape index (κ3) is 3.93. The minimum absolute atomic E-state index is 0.176. The van der Waals surface area contributed by atoms with E-state index in [0.29, 0.717) is 13.1 Å². The van der Waals surface area contributed by atoms with E-state index < -0.39 is 0 Å². The molecule has 0 radical (unpaired) electrons. The van der Waals surface area contributed by atoms with Crippen LogP contribution < -0.4 is 5.32 Å². The molecule has 2 aromatic carbocycles. The molecule has 0 fully saturated rings. The third-order valence-corrected chi connectivity index (χ3v) is 4.90. The highest BCUT2D eigenvalue weighted by molar-refractivity contribution is 6.20. The van der Waals surface area contributed by atoms with E-state index in [9.17, 15) is 0 Å². The molecule has 136 valence electrons. The van der Waals surface area contributed by atoms with Crippen LogP contribution in [0, 0.1) is 6.92 Å². The number of nitrogens with one attached hydrogen (secondary N) is 1. The lowest BCUT2D eigenvalue weighted by Crippen LogP contribution is -2.07. The van der Waals surface area contributed by atoms with Gasteiger partial charge in [0, 0.05) is 6.54 Å². The van der Waals surface area contributed by atoms with Crippen LogP contribution in [0.25, 0.3) is 11.0 Å². The summed E-state index contributed by atoms with van der Waals surface area (Å²) in [4.78, 5) is 8.78. The molecule has 0 saturated heterocycles. The van der Waals surface area contributed by atoms with Crippen LogP contribution in [0.2, 0.25) is 0 Å². The zero-order valence-corrected chi connectivity index (χ0v) is 15.8. The second-order valence-corrected chi connectivity index (χ2v) is 7.03. The molecule has 0 spiro atoms. The van der Waals surface area contributed by atoms with E-state index in [4.69, 9.17) is 11.6 Å². The Hall–Kier alpha value is -2.92. The molecule has 2 heterocycles. The average Bonchev–Trinajstić information content (AvgIpc) is 3.11. The van der Waals surface area contributed by atoms with Gasteiger partial charge in [0.05, 0.1) is 23.5 Å². The van der Waals surface area contributed by atoms with Gasteiger partial charge in [0.15, 0.2) is 5.65 Å². The molecule has 1 N–H and O–H groups in total. The van der Waals surface area contributed by atoms with Crippen molar-refractivity contribution in [2.75, 3.05) is 5.32 Å². The summed E-state index contributed by atoms with van der Waals surface area (Å²) >= 11 is 6.61. The van der Waals surface area contributed by atoms with Gasteiger partial charge in [-0.3, -0.25) is 0 Å². The second-order valence-electron chi connectivity index (χ2n) is 6.50. The normalized spacial score (nSPS) is 12.2. The number of aryl methyl sites for hydroxylation is 1. The molecule has 0 aliphatic rings. The Morgan fingerprint density at radius 3 is 2.59 bits per heavy atom. The topological polar surface area (TPSA) is 55.6 Å². The Labute approximate surface area is 163 Å². The minimum atomic E-state index is -0.176. The van der Waals surface area contributed by atoms with Crippen molar-refractivity contribution in [2.24, 2.45) is 0 Å². The van der Waals surface area contributed by atoms with Gasteiger partial charge in [0.2, 0.25) is 0 Å². The molecule has 1 atom stereocenters. The standard InChI is InChI=1S/C21H20ClN5/c1-15-7-9-17(10-8-15)19(22)13-27-21-18(12-26-27)20(24-14-25-21)23-11-16-5-3-2-4-6-16/h2-10,12,14,19H,11,13H2,1H3,(H,23,24,25). The zero-order valence-electron chi connectivity index (χ0n) is 15.0. The Kier molecular flexibility index (Phi) is 5.03. The van der Waals surface area contributed by atoms with Gasteiger partial charge < -0.3 is 5.32 Å². The average molecular weight is 378 g/mol. The van der Waals surface area contributed by atoms with E-state index >= 15 is 0 Å². The molecule has 0 bridgehead atoms. The van der Waals surface area contributed by atoms with Crippen molar-refractivity contribution in [1.82, 2.24) is 19.7 Å². The Balaban J connectivity index is 1.54. The Morgan fingerprint density at radius 2 is 1.81 bits per heavy atom. The first-order valence-electron chi connectivity index (χ1n) is 8.85. The van der Waals surface area contributed by atoms with Crippen LogP contribution in [-0.4, -0.2) is 19.7 Å². The van der Waals surface area contributed by atoms with Crippen molar-refractivity contribution in [3.8, 4) is 0 Å². The molecule has 0 aliphatic carbocycles. The molecule has 4 rings (SSSR count). The lowest BCUT2D eigenvalue weighted by atomic mass is 10.1. The fourth-order valence-electron chi connectivity index (χ4n) is 2.98. The summed E-state index contributed by atoms with van der Waals surface area (Å²) in [6.45, 7) is 3.30. The predicted molar refractivity (Wildman–Crippen MR) is 109 cm³/mol. The number of aromatic nitrogens is 4. The third-order valence-electron chi connectivity index (χ3n) is 4.51. The van der Waals surface area contributed by atoms with E-state index in [0.717, 1.165) is 22.4 Å². The summed E-state index contributed by atoms with van der Waals surface area (Å²) in [5, 5.41) is 8.57. The van der Waals surface area contributed by atoms with Gasteiger partial charge in [0.25, 0.3) is 0 Å². The van der Waals surface area contributed by atoms with Gasteiger partial charge in [-0.1, -0.05) is 60.2 Å². The van der Waals surface area contributed by atoms with Crippen LogP contribution in [0.4, 0.5) is 5.82 Å². The maximum absolute atomic E-state index is 6.61. The van der Waals surface area contributed by atoms with Gasteiger partial charge in [-0.05, 0) is 18.1 Å². The van der Waals surface area contributed by atoms with Gasteiger partial charge in [-0.2, -0.15) is 5.10 Å². The van der Waals surface area contributed by atoms with Crippen molar-refractivity contribution >= 4 is 28.5 Å². The minimum Gasteiger partial charge on any atom is -0.365 e. The molecule has 4 aromatic rings. The second kappa shape index (κ2) is 7.76. The van der Waals surface area contributed by atoms with Crippen LogP contribution in [0.1, 0.15) is 22.1 Å². The molecule has 6 heteroatoms. The van der Waals surface area contributed by atoms with Gasteiger partial charge in [0.1, 0.15) is 12.1 Å².